The standard InChI is InChI=1S/C9H20N2O2S/c1-9(2,7-10)8(12)11-5-4-6-14(3)13/h4-7,10H2,1-3H3,(H,11,12). The largest absolute Gasteiger partial charge is 0.356 e. The fourth-order valence-electron chi connectivity index (χ4n) is 0.809. The molecule has 0 saturated heterocycles. The van der Waals surface area contributed by atoms with Crippen molar-refractivity contribution >= 4 is 16.7 Å². The van der Waals surface area contributed by atoms with Crippen LogP contribution in [0.25, 0.3) is 0 Å². The molecule has 0 aliphatic carbocycles. The lowest BCUT2D eigenvalue weighted by molar-refractivity contribution is -0.128. The molecule has 84 valence electrons. The third kappa shape index (κ3) is 5.34. The van der Waals surface area contributed by atoms with E-state index in [0.29, 0.717) is 18.8 Å². The SMILES string of the molecule is CS(=O)CCCNC(=O)C(C)(C)CN. The molecule has 0 aromatic rings. The van der Waals surface area contributed by atoms with Crippen LogP contribution in [0.5, 0.6) is 0 Å². The van der Waals surface area contributed by atoms with E-state index < -0.39 is 16.2 Å². The van der Waals surface area contributed by atoms with Crippen LogP contribution in [-0.4, -0.2) is 35.2 Å². The number of hydrogen-bond acceptors (Lipinski definition) is 3. The highest BCUT2D eigenvalue weighted by atomic mass is 32.2. The first-order valence-electron chi connectivity index (χ1n) is 4.68. The van der Waals surface area contributed by atoms with Gasteiger partial charge in [-0.3, -0.25) is 9.00 Å². The van der Waals surface area contributed by atoms with Gasteiger partial charge in [0.1, 0.15) is 0 Å². The van der Waals surface area contributed by atoms with Gasteiger partial charge in [0, 0.05) is 35.9 Å². The molecule has 5 heteroatoms. The topological polar surface area (TPSA) is 72.2 Å². The molecule has 0 aromatic carbocycles. The van der Waals surface area contributed by atoms with Gasteiger partial charge >= 0.3 is 0 Å². The van der Waals surface area contributed by atoms with E-state index in [4.69, 9.17) is 5.73 Å². The van der Waals surface area contributed by atoms with Gasteiger partial charge < -0.3 is 11.1 Å². The molecule has 0 saturated carbocycles. The van der Waals surface area contributed by atoms with Crippen molar-refractivity contribution in [3.8, 4) is 0 Å². The van der Waals surface area contributed by atoms with Crippen molar-refractivity contribution in [3.63, 3.8) is 0 Å². The maximum Gasteiger partial charge on any atom is 0.226 e. The van der Waals surface area contributed by atoms with E-state index >= 15 is 0 Å². The van der Waals surface area contributed by atoms with Crippen LogP contribution in [0.3, 0.4) is 0 Å². The summed E-state index contributed by atoms with van der Waals surface area (Å²) in [6.07, 6.45) is 2.40. The van der Waals surface area contributed by atoms with Gasteiger partial charge in [-0.25, -0.2) is 0 Å². The minimum Gasteiger partial charge on any atom is -0.356 e. The molecule has 0 bridgehead atoms. The lowest BCUT2D eigenvalue weighted by atomic mass is 9.93. The average Bonchev–Trinajstić information content (AvgIpc) is 2.11. The van der Waals surface area contributed by atoms with Crippen LogP contribution in [-0.2, 0) is 15.6 Å². The number of carbonyl (C=O) groups is 1. The summed E-state index contributed by atoms with van der Waals surface area (Å²) in [7, 11) is -0.779. The van der Waals surface area contributed by atoms with Gasteiger partial charge in [-0.05, 0) is 20.3 Å². The molecular formula is C9H20N2O2S. The van der Waals surface area contributed by atoms with Crippen molar-refractivity contribution < 1.29 is 9.00 Å². The fourth-order valence-corrected chi connectivity index (χ4v) is 1.36. The Morgan fingerprint density at radius 2 is 2.07 bits per heavy atom. The van der Waals surface area contributed by atoms with Crippen LogP contribution in [0, 0.1) is 5.41 Å². The molecule has 4 nitrogen and oxygen atoms in total. The summed E-state index contributed by atoms with van der Waals surface area (Å²) in [5.41, 5.74) is 4.94. The van der Waals surface area contributed by atoms with Gasteiger partial charge in [0.05, 0.1) is 5.41 Å². The molecule has 14 heavy (non-hydrogen) atoms. The molecule has 1 atom stereocenters. The first kappa shape index (κ1) is 13.6. The second-order valence-corrected chi connectivity index (χ2v) is 5.53. The smallest absolute Gasteiger partial charge is 0.226 e. The molecule has 3 N–H and O–H groups in total. The minimum absolute atomic E-state index is 0.0399. The van der Waals surface area contributed by atoms with Crippen molar-refractivity contribution in [3.05, 3.63) is 0 Å². The van der Waals surface area contributed by atoms with Crippen molar-refractivity contribution in [2.45, 2.75) is 20.3 Å². The first-order valence-corrected chi connectivity index (χ1v) is 6.41. The number of rotatable bonds is 6. The highest BCUT2D eigenvalue weighted by Crippen LogP contribution is 2.11. The van der Waals surface area contributed by atoms with Crippen LogP contribution in [0.4, 0.5) is 0 Å². The maximum absolute atomic E-state index is 11.5. The Balaban J connectivity index is 3.70. The third-order valence-corrected chi connectivity index (χ3v) is 2.88. The van der Waals surface area contributed by atoms with Crippen LogP contribution in [0.1, 0.15) is 20.3 Å². The molecule has 0 radical (unpaired) electrons. The van der Waals surface area contributed by atoms with Gasteiger partial charge in [-0.15, -0.1) is 0 Å². The molecule has 0 aliphatic heterocycles. The Morgan fingerprint density at radius 3 is 2.50 bits per heavy atom. The number of nitrogens with two attached hydrogens (primary N) is 1. The number of nitrogens with one attached hydrogen (secondary N) is 1. The summed E-state index contributed by atoms with van der Waals surface area (Å²) >= 11 is 0. The van der Waals surface area contributed by atoms with Crippen molar-refractivity contribution in [2.24, 2.45) is 11.1 Å². The molecule has 0 aliphatic rings. The maximum atomic E-state index is 11.5. The minimum atomic E-state index is -0.779. The van der Waals surface area contributed by atoms with Crippen LogP contribution < -0.4 is 11.1 Å². The lowest BCUT2D eigenvalue weighted by Gasteiger charge is -2.21. The summed E-state index contributed by atoms with van der Waals surface area (Å²) in [6, 6.07) is 0. The van der Waals surface area contributed by atoms with Crippen molar-refractivity contribution in [2.75, 3.05) is 25.1 Å². The molecule has 1 amide bonds. The highest BCUT2D eigenvalue weighted by Gasteiger charge is 2.24. The Kier molecular flexibility index (Phi) is 5.95. The molecule has 0 rings (SSSR count). The summed E-state index contributed by atoms with van der Waals surface area (Å²) in [4.78, 5) is 11.5. The van der Waals surface area contributed by atoms with Crippen LogP contribution >= 0.6 is 0 Å². The number of hydrogen-bond donors (Lipinski definition) is 2. The van der Waals surface area contributed by atoms with E-state index in [1.54, 1.807) is 20.1 Å². The zero-order chi connectivity index (χ0) is 11.2. The Morgan fingerprint density at radius 1 is 1.50 bits per heavy atom. The molecular weight excluding hydrogens is 200 g/mol. The Hall–Kier alpha value is -0.420. The predicted octanol–water partition coefficient (Wildman–Crippen LogP) is -0.144. The monoisotopic (exact) mass is 220 g/mol. The summed E-state index contributed by atoms with van der Waals surface area (Å²) in [5, 5.41) is 2.78. The fraction of sp³-hybridized carbons (Fsp3) is 0.889. The average molecular weight is 220 g/mol. The van der Waals surface area contributed by atoms with E-state index in [1.165, 1.54) is 0 Å². The van der Waals surface area contributed by atoms with Gasteiger partial charge in [0.2, 0.25) is 5.91 Å². The Labute approximate surface area is 88.1 Å². The second-order valence-electron chi connectivity index (χ2n) is 3.97. The molecule has 1 unspecified atom stereocenters. The van der Waals surface area contributed by atoms with E-state index in [2.05, 4.69) is 5.32 Å². The molecule has 0 fully saturated rings. The van der Waals surface area contributed by atoms with Crippen molar-refractivity contribution in [1.29, 1.82) is 0 Å². The quantitative estimate of drug-likeness (QED) is 0.612. The van der Waals surface area contributed by atoms with E-state index in [-0.39, 0.29) is 5.91 Å². The van der Waals surface area contributed by atoms with Gasteiger partial charge in [0.25, 0.3) is 0 Å². The van der Waals surface area contributed by atoms with Gasteiger partial charge in [0.15, 0.2) is 0 Å². The molecule has 0 spiro atoms. The van der Waals surface area contributed by atoms with E-state index in [9.17, 15) is 9.00 Å². The summed E-state index contributed by atoms with van der Waals surface area (Å²) < 4.78 is 10.7. The Bertz CT molecular complexity index is 217. The van der Waals surface area contributed by atoms with Gasteiger partial charge in [-0.2, -0.15) is 0 Å². The molecule has 0 aromatic heterocycles. The normalized spacial score (nSPS) is 13.7. The highest BCUT2D eigenvalue weighted by molar-refractivity contribution is 7.84. The zero-order valence-electron chi connectivity index (χ0n) is 9.13. The second kappa shape index (κ2) is 6.14. The number of amides is 1. The zero-order valence-corrected chi connectivity index (χ0v) is 9.95. The number of carbonyl (C=O) groups excluding carboxylic acids is 1. The lowest BCUT2D eigenvalue weighted by Crippen LogP contribution is -2.42. The van der Waals surface area contributed by atoms with E-state index in [0.717, 1.165) is 6.42 Å². The van der Waals surface area contributed by atoms with Crippen LogP contribution in [0.2, 0.25) is 0 Å². The first-order chi connectivity index (χ1) is 6.40. The third-order valence-electron chi connectivity index (χ3n) is 2.02. The summed E-state index contributed by atoms with van der Waals surface area (Å²) in [6.45, 7) is 4.51. The summed E-state index contributed by atoms with van der Waals surface area (Å²) in [5.74, 6) is 0.588. The molecule has 0 heterocycles. The van der Waals surface area contributed by atoms with E-state index in [1.807, 2.05) is 0 Å². The van der Waals surface area contributed by atoms with Crippen molar-refractivity contribution in [1.82, 2.24) is 5.32 Å². The van der Waals surface area contributed by atoms with Crippen LogP contribution in [0.15, 0.2) is 0 Å². The van der Waals surface area contributed by atoms with Gasteiger partial charge in [-0.1, -0.05) is 0 Å². The predicted molar refractivity (Wildman–Crippen MR) is 59.4 cm³/mol.